The molecule has 3 rings (SSSR count). The molecule has 2 aliphatic rings. The van der Waals surface area contributed by atoms with Gasteiger partial charge in [0.1, 0.15) is 5.75 Å². The van der Waals surface area contributed by atoms with Crippen LogP contribution in [-0.2, 0) is 4.79 Å². The van der Waals surface area contributed by atoms with Gasteiger partial charge >= 0.3 is 0 Å². The van der Waals surface area contributed by atoms with Crippen molar-refractivity contribution >= 4 is 17.4 Å². The number of allylic oxidation sites excluding steroid dienone is 3. The first-order valence-corrected chi connectivity index (χ1v) is 9.09. The highest BCUT2D eigenvalue weighted by Gasteiger charge is 2.46. The van der Waals surface area contributed by atoms with Crippen molar-refractivity contribution < 1.29 is 9.53 Å². The van der Waals surface area contributed by atoms with Crippen molar-refractivity contribution in [2.75, 3.05) is 14.2 Å². The Morgan fingerprint density at radius 1 is 1.42 bits per heavy atom. The summed E-state index contributed by atoms with van der Waals surface area (Å²) in [6.45, 7) is 4.08. The van der Waals surface area contributed by atoms with E-state index in [1.807, 2.05) is 32.0 Å². The summed E-state index contributed by atoms with van der Waals surface area (Å²) >= 11 is 0. The number of benzene rings is 1. The third-order valence-electron chi connectivity index (χ3n) is 5.57. The van der Waals surface area contributed by atoms with Gasteiger partial charge in [-0.3, -0.25) is 9.69 Å². The first-order chi connectivity index (χ1) is 12.4. The lowest BCUT2D eigenvalue weighted by Gasteiger charge is -2.42. The molecule has 2 atom stereocenters. The third-order valence-corrected chi connectivity index (χ3v) is 5.57. The quantitative estimate of drug-likeness (QED) is 0.902. The van der Waals surface area contributed by atoms with Gasteiger partial charge in [0, 0.05) is 7.05 Å². The number of hydrogen-bond acceptors (Lipinski definition) is 4. The minimum atomic E-state index is -0.596. The van der Waals surface area contributed by atoms with Crippen LogP contribution >= 0.6 is 0 Å². The van der Waals surface area contributed by atoms with Gasteiger partial charge in [0.15, 0.2) is 5.96 Å². The summed E-state index contributed by atoms with van der Waals surface area (Å²) < 4.78 is 5.35. The van der Waals surface area contributed by atoms with Gasteiger partial charge in [-0.25, -0.2) is 4.99 Å². The Hall–Kier alpha value is -2.56. The van der Waals surface area contributed by atoms with Crippen LogP contribution in [0.3, 0.4) is 0 Å². The number of ether oxygens (including phenoxy) is 1. The van der Waals surface area contributed by atoms with E-state index in [0.717, 1.165) is 41.7 Å². The van der Waals surface area contributed by atoms with Crippen LogP contribution in [0.5, 0.6) is 5.75 Å². The van der Waals surface area contributed by atoms with Gasteiger partial charge in [0.2, 0.25) is 5.91 Å². The SMILES string of the molecule is CC[C@@H]1C(=O)N(C)C(N)=N[C@]1(C)C1=CC(c2cccc(OC)c2)=CCC1. The van der Waals surface area contributed by atoms with Gasteiger partial charge in [0.25, 0.3) is 0 Å². The minimum absolute atomic E-state index is 0.0425. The number of carbonyl (C=O) groups is 1. The lowest BCUT2D eigenvalue weighted by Crippen LogP contribution is -2.55. The molecule has 0 radical (unpaired) electrons. The van der Waals surface area contributed by atoms with E-state index in [-0.39, 0.29) is 11.8 Å². The fourth-order valence-electron chi connectivity index (χ4n) is 3.95. The number of guanidine groups is 1. The van der Waals surface area contributed by atoms with Crippen molar-refractivity contribution in [1.82, 2.24) is 4.90 Å². The number of carbonyl (C=O) groups excluding carboxylic acids is 1. The molecular weight excluding hydrogens is 326 g/mol. The molecule has 138 valence electrons. The number of rotatable bonds is 4. The number of methoxy groups -OCH3 is 1. The first-order valence-electron chi connectivity index (χ1n) is 9.09. The minimum Gasteiger partial charge on any atom is -0.497 e. The second-order valence-corrected chi connectivity index (χ2v) is 7.08. The fourth-order valence-corrected chi connectivity index (χ4v) is 3.95. The summed E-state index contributed by atoms with van der Waals surface area (Å²) in [6.07, 6.45) is 6.94. The number of aliphatic imine (C=N–C) groups is 1. The van der Waals surface area contributed by atoms with Gasteiger partial charge in [-0.2, -0.15) is 0 Å². The molecule has 5 nitrogen and oxygen atoms in total. The van der Waals surface area contributed by atoms with E-state index in [1.165, 1.54) is 4.90 Å². The molecule has 5 heteroatoms. The Balaban J connectivity index is 2.03. The number of amides is 1. The molecule has 1 aromatic carbocycles. The van der Waals surface area contributed by atoms with E-state index in [1.54, 1.807) is 14.2 Å². The second-order valence-electron chi connectivity index (χ2n) is 7.08. The number of hydrogen-bond donors (Lipinski definition) is 1. The Morgan fingerprint density at radius 3 is 2.88 bits per heavy atom. The Labute approximate surface area is 155 Å². The van der Waals surface area contributed by atoms with Crippen LogP contribution in [0, 0.1) is 5.92 Å². The highest BCUT2D eigenvalue weighted by Crippen LogP contribution is 2.41. The van der Waals surface area contributed by atoms with Crippen LogP contribution in [0.2, 0.25) is 0 Å². The largest absolute Gasteiger partial charge is 0.497 e. The molecule has 0 saturated heterocycles. The molecule has 0 bridgehead atoms. The molecule has 2 N–H and O–H groups in total. The zero-order valence-corrected chi connectivity index (χ0v) is 16.0. The third kappa shape index (κ3) is 3.02. The van der Waals surface area contributed by atoms with E-state index in [4.69, 9.17) is 15.5 Å². The standard InChI is InChI=1S/C21H27N3O2/c1-5-18-19(25)24(3)20(22)23-21(18,2)16-10-6-8-14(12-16)15-9-7-11-17(13-15)26-4/h7-9,11-13,18H,5-6,10H2,1-4H3,(H2,22,23)/t18-,21-/m1/s1. The predicted octanol–water partition coefficient (Wildman–Crippen LogP) is 3.37. The summed E-state index contributed by atoms with van der Waals surface area (Å²) in [6, 6.07) is 8.03. The van der Waals surface area contributed by atoms with Crippen LogP contribution in [0.15, 0.2) is 47.0 Å². The highest BCUT2D eigenvalue weighted by atomic mass is 16.5. The van der Waals surface area contributed by atoms with Gasteiger partial charge in [-0.05, 0) is 55.0 Å². The molecule has 1 amide bonds. The molecule has 26 heavy (non-hydrogen) atoms. The van der Waals surface area contributed by atoms with Crippen molar-refractivity contribution in [2.45, 2.75) is 38.6 Å². The Kier molecular flexibility index (Phi) is 4.90. The van der Waals surface area contributed by atoms with E-state index in [9.17, 15) is 4.79 Å². The van der Waals surface area contributed by atoms with Crippen molar-refractivity contribution in [1.29, 1.82) is 0 Å². The lowest BCUT2D eigenvalue weighted by molar-refractivity contribution is -0.133. The summed E-state index contributed by atoms with van der Waals surface area (Å²) in [5.41, 5.74) is 8.86. The molecule has 0 aromatic heterocycles. The van der Waals surface area contributed by atoms with Gasteiger partial charge in [0.05, 0.1) is 18.6 Å². The van der Waals surface area contributed by atoms with Crippen LogP contribution in [0.25, 0.3) is 5.57 Å². The average molecular weight is 353 g/mol. The van der Waals surface area contributed by atoms with Crippen LogP contribution in [0.1, 0.15) is 38.7 Å². The molecule has 1 aliphatic heterocycles. The Morgan fingerprint density at radius 2 is 2.19 bits per heavy atom. The van der Waals surface area contributed by atoms with Gasteiger partial charge in [-0.1, -0.05) is 31.2 Å². The number of nitrogens with zero attached hydrogens (tertiary/aromatic N) is 2. The molecule has 1 heterocycles. The highest BCUT2D eigenvalue weighted by molar-refractivity contribution is 6.00. The lowest BCUT2D eigenvalue weighted by atomic mass is 9.73. The number of nitrogens with two attached hydrogens (primary N) is 1. The molecule has 0 spiro atoms. The van der Waals surface area contributed by atoms with E-state index < -0.39 is 5.54 Å². The predicted molar refractivity (Wildman–Crippen MR) is 105 cm³/mol. The normalized spacial score (nSPS) is 26.2. The maximum atomic E-state index is 12.8. The van der Waals surface area contributed by atoms with E-state index >= 15 is 0 Å². The fraction of sp³-hybridized carbons (Fsp3) is 0.429. The molecule has 0 unspecified atom stereocenters. The molecule has 1 aliphatic carbocycles. The maximum Gasteiger partial charge on any atom is 0.234 e. The van der Waals surface area contributed by atoms with Crippen molar-refractivity contribution in [3.63, 3.8) is 0 Å². The van der Waals surface area contributed by atoms with Crippen LogP contribution in [0.4, 0.5) is 0 Å². The summed E-state index contributed by atoms with van der Waals surface area (Å²) in [4.78, 5) is 19.0. The van der Waals surface area contributed by atoms with Crippen LogP contribution in [-0.4, -0.2) is 36.5 Å². The van der Waals surface area contributed by atoms with Crippen molar-refractivity contribution in [2.24, 2.45) is 16.6 Å². The molecule has 0 saturated carbocycles. The zero-order chi connectivity index (χ0) is 18.9. The molecule has 0 fully saturated rings. The summed E-state index contributed by atoms with van der Waals surface area (Å²) in [5, 5.41) is 0. The molecule has 1 aromatic rings. The zero-order valence-electron chi connectivity index (χ0n) is 16.0. The van der Waals surface area contributed by atoms with Crippen molar-refractivity contribution in [3.05, 3.63) is 47.6 Å². The molecular formula is C21H27N3O2. The first kappa shape index (κ1) is 18.2. The average Bonchev–Trinajstić information content (AvgIpc) is 2.67. The van der Waals surface area contributed by atoms with Gasteiger partial charge in [-0.15, -0.1) is 0 Å². The summed E-state index contributed by atoms with van der Waals surface area (Å²) in [5.74, 6) is 0.968. The summed E-state index contributed by atoms with van der Waals surface area (Å²) in [7, 11) is 3.37. The topological polar surface area (TPSA) is 67.9 Å². The second kappa shape index (κ2) is 6.98. The van der Waals surface area contributed by atoms with Gasteiger partial charge < -0.3 is 10.5 Å². The van der Waals surface area contributed by atoms with Crippen LogP contribution < -0.4 is 10.5 Å². The maximum absolute atomic E-state index is 12.8. The van der Waals surface area contributed by atoms with E-state index in [2.05, 4.69) is 18.2 Å². The Bertz CT molecular complexity index is 809. The smallest absolute Gasteiger partial charge is 0.234 e. The monoisotopic (exact) mass is 353 g/mol. The van der Waals surface area contributed by atoms with E-state index in [0.29, 0.717) is 5.96 Å². The van der Waals surface area contributed by atoms with Crippen molar-refractivity contribution in [3.8, 4) is 5.75 Å².